The van der Waals surface area contributed by atoms with Crippen LogP contribution in [0.2, 0.25) is 0 Å². The Morgan fingerprint density at radius 2 is 0.767 bits per heavy atom. The van der Waals surface area contributed by atoms with E-state index in [2.05, 4.69) is 158 Å². The Labute approximate surface area is 254 Å². The van der Waals surface area contributed by atoms with E-state index in [-0.39, 0.29) is 0 Å². The van der Waals surface area contributed by atoms with E-state index in [9.17, 15) is 0 Å². The van der Waals surface area contributed by atoms with E-state index in [0.29, 0.717) is 0 Å². The van der Waals surface area contributed by atoms with Gasteiger partial charge >= 0.3 is 0 Å². The van der Waals surface area contributed by atoms with Gasteiger partial charge in [0.25, 0.3) is 0 Å². The fourth-order valence-electron chi connectivity index (χ4n) is 6.94. The van der Waals surface area contributed by atoms with Crippen molar-refractivity contribution in [3.8, 4) is 33.4 Å². The molecule has 200 valence electrons. The first kappa shape index (κ1) is 24.4. The van der Waals surface area contributed by atoms with Gasteiger partial charge in [0.2, 0.25) is 0 Å². The normalized spacial score (nSPS) is 11.7. The molecule has 0 aliphatic carbocycles. The fraction of sp³-hybridized carbons (Fsp3) is 0. The molecule has 0 fully saturated rings. The molecule has 43 heavy (non-hydrogen) atoms. The number of hydrogen-bond acceptors (Lipinski definition) is 1. The van der Waals surface area contributed by atoms with Gasteiger partial charge in [0, 0.05) is 25.6 Å². The van der Waals surface area contributed by atoms with Crippen molar-refractivity contribution in [1.82, 2.24) is 0 Å². The third-order valence-electron chi connectivity index (χ3n) is 8.87. The van der Waals surface area contributed by atoms with Gasteiger partial charge in [-0.05, 0) is 72.4 Å². The molecule has 0 nitrogen and oxygen atoms in total. The highest BCUT2D eigenvalue weighted by molar-refractivity contribution is 7.26. The predicted octanol–water partition coefficient (Wildman–Crippen LogP) is 12.5. The van der Waals surface area contributed by atoms with Crippen LogP contribution >= 0.6 is 11.3 Å². The molecule has 0 bridgehead atoms. The summed E-state index contributed by atoms with van der Waals surface area (Å²) in [4.78, 5) is 0. The lowest BCUT2D eigenvalue weighted by atomic mass is 9.84. The zero-order valence-corrected chi connectivity index (χ0v) is 24.2. The Morgan fingerprint density at radius 1 is 0.302 bits per heavy atom. The Kier molecular flexibility index (Phi) is 5.47. The second kappa shape index (κ2) is 9.66. The third kappa shape index (κ3) is 3.75. The van der Waals surface area contributed by atoms with Crippen LogP contribution in [0.25, 0.3) is 85.9 Å². The summed E-state index contributed by atoms with van der Waals surface area (Å²) in [5.41, 5.74) is 7.61. The largest absolute Gasteiger partial charge is 0.135 e. The SMILES string of the molecule is c1ccc(-c2ccc(-c3c4ccccc4c(-c4cc5c6ccccc6sc5c5ccccc45)c4ccccc34)cc2)cc1. The first-order valence-corrected chi connectivity index (χ1v) is 15.6. The van der Waals surface area contributed by atoms with Gasteiger partial charge in [0.05, 0.1) is 0 Å². The molecule has 9 rings (SSSR count). The Morgan fingerprint density at radius 3 is 1.42 bits per heavy atom. The average molecular weight is 563 g/mol. The summed E-state index contributed by atoms with van der Waals surface area (Å²) in [5.74, 6) is 0. The fourth-order valence-corrected chi connectivity index (χ4v) is 8.16. The maximum atomic E-state index is 2.46. The minimum absolute atomic E-state index is 1.23. The van der Waals surface area contributed by atoms with Crippen LogP contribution in [-0.2, 0) is 0 Å². The standard InChI is InChI=1S/C42H26S/c1-2-12-27(13-3-1)28-22-24-29(25-23-28)40-32-16-5-7-18-34(32)41(35-19-8-6-17-33(35)40)37-26-38-31-15-10-11-21-39(31)43-42(38)36-20-9-4-14-30(36)37/h1-26H. The first-order chi connectivity index (χ1) is 21.3. The molecular formula is C42H26S. The Balaban J connectivity index is 1.38. The van der Waals surface area contributed by atoms with Crippen molar-refractivity contribution < 1.29 is 0 Å². The smallest absolute Gasteiger partial charge is 0.0434 e. The molecule has 0 unspecified atom stereocenters. The third-order valence-corrected chi connectivity index (χ3v) is 10.1. The van der Waals surface area contributed by atoms with Gasteiger partial charge in [-0.1, -0.05) is 146 Å². The van der Waals surface area contributed by atoms with E-state index >= 15 is 0 Å². The molecule has 0 saturated heterocycles. The van der Waals surface area contributed by atoms with Crippen LogP contribution in [0, 0.1) is 0 Å². The summed E-state index contributed by atoms with van der Waals surface area (Å²) in [6, 6.07) is 57.9. The topological polar surface area (TPSA) is 0 Å². The van der Waals surface area contributed by atoms with Gasteiger partial charge in [-0.25, -0.2) is 0 Å². The molecule has 0 atom stereocenters. The monoisotopic (exact) mass is 562 g/mol. The Bertz CT molecular complexity index is 2420. The minimum Gasteiger partial charge on any atom is -0.135 e. The van der Waals surface area contributed by atoms with E-state index in [1.807, 2.05) is 11.3 Å². The summed E-state index contributed by atoms with van der Waals surface area (Å²) in [5, 5.41) is 10.4. The zero-order chi connectivity index (χ0) is 28.3. The molecule has 0 amide bonds. The summed E-state index contributed by atoms with van der Waals surface area (Å²) in [6.07, 6.45) is 0. The molecule has 0 saturated carbocycles. The van der Waals surface area contributed by atoms with Crippen molar-refractivity contribution in [1.29, 1.82) is 0 Å². The number of hydrogen-bond donors (Lipinski definition) is 0. The highest BCUT2D eigenvalue weighted by Gasteiger charge is 2.20. The summed E-state index contributed by atoms with van der Waals surface area (Å²) in [7, 11) is 0. The lowest BCUT2D eigenvalue weighted by molar-refractivity contribution is 1.61. The Hall–Kier alpha value is -5.24. The summed E-state index contributed by atoms with van der Waals surface area (Å²) >= 11 is 1.90. The predicted molar refractivity (Wildman–Crippen MR) is 188 cm³/mol. The van der Waals surface area contributed by atoms with Gasteiger partial charge < -0.3 is 0 Å². The van der Waals surface area contributed by atoms with Crippen molar-refractivity contribution in [3.63, 3.8) is 0 Å². The van der Waals surface area contributed by atoms with Crippen LogP contribution in [0.15, 0.2) is 158 Å². The molecule has 1 aromatic heterocycles. The van der Waals surface area contributed by atoms with Gasteiger partial charge in [-0.2, -0.15) is 0 Å². The van der Waals surface area contributed by atoms with E-state index in [0.717, 1.165) is 0 Å². The van der Waals surface area contributed by atoms with Crippen molar-refractivity contribution in [3.05, 3.63) is 158 Å². The van der Waals surface area contributed by atoms with Crippen LogP contribution < -0.4 is 0 Å². The molecule has 0 N–H and O–H groups in total. The maximum absolute atomic E-state index is 2.46. The van der Waals surface area contributed by atoms with Crippen LogP contribution in [0.3, 0.4) is 0 Å². The molecule has 1 heterocycles. The second-order valence-corrected chi connectivity index (χ2v) is 12.3. The van der Waals surface area contributed by atoms with E-state index in [1.54, 1.807) is 0 Å². The van der Waals surface area contributed by atoms with Crippen molar-refractivity contribution in [2.45, 2.75) is 0 Å². The summed E-state index contributed by atoms with van der Waals surface area (Å²) in [6.45, 7) is 0. The molecule has 1 heteroatoms. The molecular weight excluding hydrogens is 537 g/mol. The first-order valence-electron chi connectivity index (χ1n) is 14.8. The molecule has 0 radical (unpaired) electrons. The highest BCUT2D eigenvalue weighted by atomic mass is 32.1. The van der Waals surface area contributed by atoms with Crippen LogP contribution in [0.5, 0.6) is 0 Å². The van der Waals surface area contributed by atoms with Gasteiger partial charge in [-0.15, -0.1) is 11.3 Å². The lowest BCUT2D eigenvalue weighted by Gasteiger charge is -2.19. The van der Waals surface area contributed by atoms with Crippen molar-refractivity contribution in [2.24, 2.45) is 0 Å². The van der Waals surface area contributed by atoms with E-state index in [1.165, 1.54) is 85.9 Å². The van der Waals surface area contributed by atoms with Crippen molar-refractivity contribution in [2.75, 3.05) is 0 Å². The number of fused-ring (bicyclic) bond motifs is 7. The van der Waals surface area contributed by atoms with Gasteiger partial charge in [0.15, 0.2) is 0 Å². The van der Waals surface area contributed by atoms with Gasteiger partial charge in [-0.3, -0.25) is 0 Å². The second-order valence-electron chi connectivity index (χ2n) is 11.2. The molecule has 0 aliphatic rings. The minimum atomic E-state index is 1.23. The van der Waals surface area contributed by atoms with Crippen LogP contribution in [0.4, 0.5) is 0 Å². The van der Waals surface area contributed by atoms with Crippen LogP contribution in [0.1, 0.15) is 0 Å². The van der Waals surface area contributed by atoms with Crippen LogP contribution in [-0.4, -0.2) is 0 Å². The summed E-state index contributed by atoms with van der Waals surface area (Å²) < 4.78 is 2.70. The molecule has 0 aliphatic heterocycles. The van der Waals surface area contributed by atoms with E-state index < -0.39 is 0 Å². The number of rotatable bonds is 3. The highest BCUT2D eigenvalue weighted by Crippen LogP contribution is 2.48. The lowest BCUT2D eigenvalue weighted by Crippen LogP contribution is -1.92. The van der Waals surface area contributed by atoms with Gasteiger partial charge in [0.1, 0.15) is 0 Å². The van der Waals surface area contributed by atoms with Crippen molar-refractivity contribution >= 4 is 63.8 Å². The molecule has 9 aromatic rings. The maximum Gasteiger partial charge on any atom is 0.0434 e. The molecule has 0 spiro atoms. The number of benzene rings is 8. The average Bonchev–Trinajstić information content (AvgIpc) is 3.46. The zero-order valence-electron chi connectivity index (χ0n) is 23.4. The number of thiophene rings is 1. The quantitative estimate of drug-likeness (QED) is 0.188. The molecule has 8 aromatic carbocycles. The van der Waals surface area contributed by atoms with E-state index in [4.69, 9.17) is 0 Å².